The lowest BCUT2D eigenvalue weighted by atomic mass is 10.1. The van der Waals surface area contributed by atoms with E-state index in [1.807, 2.05) is 36.5 Å². The number of carbonyl (C=O) groups is 1. The number of anilines is 1. The van der Waals surface area contributed by atoms with Crippen molar-refractivity contribution in [2.75, 3.05) is 11.1 Å². The fourth-order valence-electron chi connectivity index (χ4n) is 3.06. The molecule has 7 heteroatoms. The molecule has 0 unspecified atom stereocenters. The van der Waals surface area contributed by atoms with Crippen LogP contribution < -0.4 is 5.32 Å². The first-order chi connectivity index (χ1) is 13.7. The molecule has 142 valence electrons. The van der Waals surface area contributed by atoms with Crippen LogP contribution >= 0.6 is 23.1 Å². The van der Waals surface area contributed by atoms with E-state index in [0.717, 1.165) is 32.4 Å². The topological polar surface area (TPSA) is 70.7 Å². The van der Waals surface area contributed by atoms with Crippen molar-refractivity contribution in [2.24, 2.45) is 0 Å². The van der Waals surface area contributed by atoms with Crippen LogP contribution in [0.15, 0.2) is 59.1 Å². The third kappa shape index (κ3) is 4.10. The molecule has 5 nitrogen and oxygen atoms in total. The van der Waals surface area contributed by atoms with Crippen molar-refractivity contribution in [3.63, 3.8) is 0 Å². The summed E-state index contributed by atoms with van der Waals surface area (Å²) < 4.78 is 0.790. The van der Waals surface area contributed by atoms with Crippen molar-refractivity contribution < 1.29 is 4.79 Å². The van der Waals surface area contributed by atoms with Crippen molar-refractivity contribution in [1.82, 2.24) is 15.2 Å². The molecule has 0 bridgehead atoms. The summed E-state index contributed by atoms with van der Waals surface area (Å²) in [4.78, 5) is 16.0. The van der Waals surface area contributed by atoms with E-state index in [1.54, 1.807) is 0 Å². The molecular weight excluding hydrogens is 388 g/mol. The molecule has 2 aromatic heterocycles. The number of ketones is 1. The number of nitrogens with zero attached hydrogens (tertiary/aromatic N) is 2. The second-order valence-corrected chi connectivity index (χ2v) is 8.52. The zero-order valence-corrected chi connectivity index (χ0v) is 17.1. The Hall–Kier alpha value is -2.64. The number of nitrogens with one attached hydrogen (secondary N) is 2. The Balaban J connectivity index is 1.37. The van der Waals surface area contributed by atoms with Gasteiger partial charge < -0.3 is 10.3 Å². The second-order valence-electron chi connectivity index (χ2n) is 6.32. The summed E-state index contributed by atoms with van der Waals surface area (Å²) in [6.07, 6.45) is 2.75. The summed E-state index contributed by atoms with van der Waals surface area (Å²) in [5.74, 6) is 0.440. The maximum Gasteiger partial charge on any atom is 0.206 e. The monoisotopic (exact) mass is 408 g/mol. The Morgan fingerprint density at radius 1 is 1.14 bits per heavy atom. The molecule has 0 aliphatic rings. The fourth-order valence-corrected chi connectivity index (χ4v) is 4.69. The number of hydrogen-bond acceptors (Lipinski definition) is 6. The lowest BCUT2D eigenvalue weighted by Gasteiger charge is -2.01. The number of H-pyrrole nitrogens is 1. The van der Waals surface area contributed by atoms with E-state index < -0.39 is 0 Å². The molecule has 0 amide bonds. The Morgan fingerprint density at radius 3 is 2.82 bits per heavy atom. The van der Waals surface area contributed by atoms with Gasteiger partial charge in [-0.3, -0.25) is 4.79 Å². The second kappa shape index (κ2) is 8.58. The molecule has 0 saturated heterocycles. The normalized spacial score (nSPS) is 11.0. The Morgan fingerprint density at radius 2 is 2.00 bits per heavy atom. The predicted octanol–water partition coefficient (Wildman–Crippen LogP) is 5.17. The van der Waals surface area contributed by atoms with E-state index in [1.165, 1.54) is 34.2 Å². The van der Waals surface area contributed by atoms with Crippen LogP contribution in [-0.2, 0) is 13.0 Å². The number of carbonyl (C=O) groups excluding carboxylic acids is 1. The van der Waals surface area contributed by atoms with Crippen LogP contribution in [-0.4, -0.2) is 26.7 Å². The van der Waals surface area contributed by atoms with E-state index in [4.69, 9.17) is 0 Å². The molecule has 4 aromatic rings. The van der Waals surface area contributed by atoms with Crippen LogP contribution in [0.25, 0.3) is 10.9 Å². The summed E-state index contributed by atoms with van der Waals surface area (Å²) in [5, 5.41) is 13.4. The zero-order valence-electron chi connectivity index (χ0n) is 15.4. The maximum absolute atomic E-state index is 12.7. The third-order valence-corrected chi connectivity index (χ3v) is 6.52. The predicted molar refractivity (Wildman–Crippen MR) is 116 cm³/mol. The van der Waals surface area contributed by atoms with Gasteiger partial charge in [-0.2, -0.15) is 0 Å². The number of fused-ring (bicyclic) bond motifs is 1. The molecule has 2 N–H and O–H groups in total. The minimum absolute atomic E-state index is 0.0958. The number of aromatic amines is 1. The molecule has 0 aliphatic heterocycles. The minimum Gasteiger partial charge on any atom is -0.360 e. The van der Waals surface area contributed by atoms with Crippen LogP contribution in [0.2, 0.25) is 0 Å². The van der Waals surface area contributed by atoms with Gasteiger partial charge in [-0.1, -0.05) is 78.6 Å². The largest absolute Gasteiger partial charge is 0.360 e. The molecule has 2 aromatic carbocycles. The van der Waals surface area contributed by atoms with Gasteiger partial charge in [0, 0.05) is 29.2 Å². The summed E-state index contributed by atoms with van der Waals surface area (Å²) >= 11 is 2.90. The number of para-hydroxylation sites is 1. The first-order valence-electron chi connectivity index (χ1n) is 9.11. The highest BCUT2D eigenvalue weighted by Crippen LogP contribution is 2.28. The van der Waals surface area contributed by atoms with Crippen molar-refractivity contribution in [1.29, 1.82) is 0 Å². The standard InChI is InChI=1S/C21H20N4OS2/c1-2-15-9-6-10-16-17(12-22-19(15)16)18(26)13-27-21-25-24-20(28-21)23-11-14-7-4-3-5-8-14/h3-10,12,22H,2,11,13H2,1H3,(H,23,24). The number of aromatic nitrogens is 3. The highest BCUT2D eigenvalue weighted by molar-refractivity contribution is 8.01. The average Bonchev–Trinajstić information content (AvgIpc) is 3.38. The van der Waals surface area contributed by atoms with Gasteiger partial charge in [-0.05, 0) is 17.5 Å². The van der Waals surface area contributed by atoms with Gasteiger partial charge in [0.05, 0.1) is 5.75 Å². The summed E-state index contributed by atoms with van der Waals surface area (Å²) in [5.41, 5.74) is 4.21. The first kappa shape index (κ1) is 18.7. The Labute approximate surface area is 171 Å². The Kier molecular flexibility index (Phi) is 5.73. The molecule has 2 heterocycles. The van der Waals surface area contributed by atoms with E-state index in [9.17, 15) is 4.79 Å². The lowest BCUT2D eigenvalue weighted by Crippen LogP contribution is -2.01. The van der Waals surface area contributed by atoms with E-state index >= 15 is 0 Å². The molecule has 0 saturated carbocycles. The van der Waals surface area contributed by atoms with Gasteiger partial charge >= 0.3 is 0 Å². The van der Waals surface area contributed by atoms with Gasteiger partial charge in [0.25, 0.3) is 0 Å². The molecule has 0 aliphatic carbocycles. The van der Waals surface area contributed by atoms with Gasteiger partial charge in [-0.25, -0.2) is 0 Å². The fraction of sp³-hybridized carbons (Fsp3) is 0.190. The summed E-state index contributed by atoms with van der Waals surface area (Å²) in [6.45, 7) is 2.82. The van der Waals surface area contributed by atoms with Crippen molar-refractivity contribution in [2.45, 2.75) is 24.2 Å². The van der Waals surface area contributed by atoms with Gasteiger partial charge in [0.15, 0.2) is 10.1 Å². The van der Waals surface area contributed by atoms with Crippen LogP contribution in [0.5, 0.6) is 0 Å². The molecule has 0 fully saturated rings. The van der Waals surface area contributed by atoms with Crippen molar-refractivity contribution in [3.8, 4) is 0 Å². The quantitative estimate of drug-likeness (QED) is 0.311. The molecule has 0 radical (unpaired) electrons. The number of aryl methyl sites for hydroxylation is 1. The van der Waals surface area contributed by atoms with Crippen LogP contribution in [0, 0.1) is 0 Å². The number of hydrogen-bond donors (Lipinski definition) is 2. The highest BCUT2D eigenvalue weighted by Gasteiger charge is 2.15. The van der Waals surface area contributed by atoms with Crippen LogP contribution in [0.1, 0.15) is 28.4 Å². The maximum atomic E-state index is 12.7. The number of benzene rings is 2. The SMILES string of the molecule is CCc1cccc2c(C(=O)CSc3nnc(NCc4ccccc4)s3)c[nH]c12. The van der Waals surface area contributed by atoms with Gasteiger partial charge in [0.1, 0.15) is 0 Å². The van der Waals surface area contributed by atoms with Gasteiger partial charge in [0.2, 0.25) is 5.13 Å². The zero-order chi connectivity index (χ0) is 19.3. The lowest BCUT2D eigenvalue weighted by molar-refractivity contribution is 0.102. The summed E-state index contributed by atoms with van der Waals surface area (Å²) in [6, 6.07) is 16.2. The van der Waals surface area contributed by atoms with E-state index in [2.05, 4.69) is 45.6 Å². The van der Waals surface area contributed by atoms with Crippen molar-refractivity contribution >= 4 is 44.9 Å². The number of Topliss-reactive ketones (excluding diaryl/α,β-unsaturated/α-hetero) is 1. The van der Waals surface area contributed by atoms with Crippen LogP contribution in [0.4, 0.5) is 5.13 Å². The minimum atomic E-state index is 0.0958. The van der Waals surface area contributed by atoms with Crippen LogP contribution in [0.3, 0.4) is 0 Å². The molecule has 28 heavy (non-hydrogen) atoms. The number of thioether (sulfide) groups is 1. The van der Waals surface area contributed by atoms with E-state index in [0.29, 0.717) is 12.3 Å². The molecule has 4 rings (SSSR count). The molecular formula is C21H20N4OS2. The van der Waals surface area contributed by atoms with Gasteiger partial charge in [-0.15, -0.1) is 10.2 Å². The third-order valence-electron chi connectivity index (χ3n) is 4.50. The summed E-state index contributed by atoms with van der Waals surface area (Å²) in [7, 11) is 0. The van der Waals surface area contributed by atoms with E-state index in [-0.39, 0.29) is 5.78 Å². The smallest absolute Gasteiger partial charge is 0.206 e. The average molecular weight is 409 g/mol. The Bertz CT molecular complexity index is 1090. The highest BCUT2D eigenvalue weighted by atomic mass is 32.2. The first-order valence-corrected chi connectivity index (χ1v) is 10.9. The van der Waals surface area contributed by atoms with Crippen molar-refractivity contribution in [3.05, 3.63) is 71.4 Å². The molecule has 0 atom stereocenters. The molecule has 0 spiro atoms. The number of rotatable bonds is 8.